The van der Waals surface area contributed by atoms with Crippen LogP contribution >= 0.6 is 0 Å². The van der Waals surface area contributed by atoms with Crippen LogP contribution in [-0.2, 0) is 12.8 Å². The van der Waals surface area contributed by atoms with Gasteiger partial charge in [-0.1, -0.05) is 12.1 Å². The number of aryl methyl sites for hydroxylation is 2. The number of hydrogen-bond donors (Lipinski definition) is 2. The molecular formula is C17H16O5. The van der Waals surface area contributed by atoms with Crippen LogP contribution in [0.4, 0.5) is 0 Å². The Kier molecular flexibility index (Phi) is 4.78. The quantitative estimate of drug-likeness (QED) is 0.857. The fourth-order valence-electron chi connectivity index (χ4n) is 2.25. The molecule has 0 amide bonds. The van der Waals surface area contributed by atoms with E-state index in [-0.39, 0.29) is 11.1 Å². The van der Waals surface area contributed by atoms with Gasteiger partial charge in [-0.15, -0.1) is 0 Å². The number of carboxylic acids is 2. The van der Waals surface area contributed by atoms with Crippen molar-refractivity contribution in [1.29, 1.82) is 0 Å². The maximum atomic E-state index is 11.2. The Morgan fingerprint density at radius 3 is 2.41 bits per heavy atom. The van der Waals surface area contributed by atoms with Crippen molar-refractivity contribution in [1.82, 2.24) is 0 Å². The number of carbonyl (C=O) groups is 2. The Morgan fingerprint density at radius 2 is 1.77 bits per heavy atom. The third-order valence-corrected chi connectivity index (χ3v) is 3.40. The zero-order valence-electron chi connectivity index (χ0n) is 12.1. The fourth-order valence-corrected chi connectivity index (χ4v) is 2.25. The zero-order valence-corrected chi connectivity index (χ0v) is 12.1. The topological polar surface area (TPSA) is 83.8 Å². The van der Waals surface area contributed by atoms with E-state index in [1.54, 1.807) is 7.11 Å². The summed E-state index contributed by atoms with van der Waals surface area (Å²) in [6.45, 7) is 0. The molecule has 0 aliphatic heterocycles. The van der Waals surface area contributed by atoms with Crippen molar-refractivity contribution in [2.75, 3.05) is 7.11 Å². The van der Waals surface area contributed by atoms with Gasteiger partial charge < -0.3 is 14.9 Å². The normalized spacial score (nSPS) is 10.2. The molecule has 2 rings (SSSR count). The molecule has 0 aromatic heterocycles. The van der Waals surface area contributed by atoms with Crippen molar-refractivity contribution in [3.05, 3.63) is 64.7 Å². The summed E-state index contributed by atoms with van der Waals surface area (Å²) in [5.74, 6) is -1.40. The van der Waals surface area contributed by atoms with Gasteiger partial charge in [-0.25, -0.2) is 9.59 Å². The molecule has 0 saturated heterocycles. The van der Waals surface area contributed by atoms with E-state index in [2.05, 4.69) is 0 Å². The van der Waals surface area contributed by atoms with Crippen LogP contribution in [0.25, 0.3) is 0 Å². The highest BCUT2D eigenvalue weighted by molar-refractivity contribution is 5.93. The summed E-state index contributed by atoms with van der Waals surface area (Å²) >= 11 is 0. The first-order chi connectivity index (χ1) is 10.5. The molecule has 2 N–H and O–H groups in total. The number of aromatic carboxylic acids is 2. The SMILES string of the molecule is COc1cccc(CCc2cc(C(=O)O)ccc2C(=O)O)c1. The van der Waals surface area contributed by atoms with Crippen LogP contribution in [0.3, 0.4) is 0 Å². The Hall–Kier alpha value is -2.82. The van der Waals surface area contributed by atoms with E-state index in [1.165, 1.54) is 18.2 Å². The van der Waals surface area contributed by atoms with Crippen molar-refractivity contribution in [3.63, 3.8) is 0 Å². The van der Waals surface area contributed by atoms with Gasteiger partial charge in [0.2, 0.25) is 0 Å². The maximum Gasteiger partial charge on any atom is 0.335 e. The summed E-state index contributed by atoms with van der Waals surface area (Å²) in [4.78, 5) is 22.3. The lowest BCUT2D eigenvalue weighted by Gasteiger charge is -2.08. The van der Waals surface area contributed by atoms with Gasteiger partial charge in [0.15, 0.2) is 0 Å². The molecule has 0 unspecified atom stereocenters. The van der Waals surface area contributed by atoms with Crippen molar-refractivity contribution < 1.29 is 24.5 Å². The second-order valence-electron chi connectivity index (χ2n) is 4.83. The molecular weight excluding hydrogens is 284 g/mol. The number of rotatable bonds is 6. The molecule has 0 fully saturated rings. The molecule has 2 aromatic carbocycles. The van der Waals surface area contributed by atoms with Gasteiger partial charge in [-0.2, -0.15) is 0 Å². The monoisotopic (exact) mass is 300 g/mol. The summed E-state index contributed by atoms with van der Waals surface area (Å²) in [5, 5.41) is 18.2. The van der Waals surface area contributed by atoms with Crippen LogP contribution < -0.4 is 4.74 Å². The van der Waals surface area contributed by atoms with Gasteiger partial charge in [-0.3, -0.25) is 0 Å². The average molecular weight is 300 g/mol. The number of carboxylic acid groups (broad SMARTS) is 2. The highest BCUT2D eigenvalue weighted by Crippen LogP contribution is 2.18. The summed E-state index contributed by atoms with van der Waals surface area (Å²) in [7, 11) is 1.58. The van der Waals surface area contributed by atoms with Gasteiger partial charge in [-0.05, 0) is 54.3 Å². The number of hydrogen-bond acceptors (Lipinski definition) is 3. The van der Waals surface area contributed by atoms with E-state index in [0.717, 1.165) is 11.3 Å². The number of methoxy groups -OCH3 is 1. The Morgan fingerprint density at radius 1 is 1.00 bits per heavy atom. The minimum Gasteiger partial charge on any atom is -0.497 e. The first-order valence-electron chi connectivity index (χ1n) is 6.73. The summed E-state index contributed by atoms with van der Waals surface area (Å²) in [6.07, 6.45) is 1.04. The van der Waals surface area contributed by atoms with Crippen LogP contribution in [0.5, 0.6) is 5.75 Å². The Bertz CT molecular complexity index is 706. The molecule has 114 valence electrons. The van der Waals surface area contributed by atoms with E-state index in [4.69, 9.17) is 9.84 Å². The largest absolute Gasteiger partial charge is 0.497 e. The minimum atomic E-state index is -1.07. The van der Waals surface area contributed by atoms with Crippen LogP contribution in [0, 0.1) is 0 Å². The molecule has 2 aromatic rings. The molecule has 0 bridgehead atoms. The van der Waals surface area contributed by atoms with Gasteiger partial charge in [0.1, 0.15) is 5.75 Å². The Balaban J connectivity index is 2.25. The molecule has 0 atom stereocenters. The van der Waals surface area contributed by atoms with Gasteiger partial charge in [0, 0.05) is 0 Å². The van der Waals surface area contributed by atoms with Gasteiger partial charge >= 0.3 is 11.9 Å². The van der Waals surface area contributed by atoms with Crippen molar-refractivity contribution in [3.8, 4) is 5.75 Å². The second-order valence-corrected chi connectivity index (χ2v) is 4.83. The van der Waals surface area contributed by atoms with Crippen molar-refractivity contribution in [2.24, 2.45) is 0 Å². The lowest BCUT2D eigenvalue weighted by atomic mass is 9.97. The molecule has 5 nitrogen and oxygen atoms in total. The lowest BCUT2D eigenvalue weighted by molar-refractivity contribution is 0.0680. The minimum absolute atomic E-state index is 0.0886. The predicted molar refractivity (Wildman–Crippen MR) is 80.8 cm³/mol. The zero-order chi connectivity index (χ0) is 16.1. The van der Waals surface area contributed by atoms with E-state index in [1.807, 2.05) is 24.3 Å². The Labute approximate surface area is 127 Å². The summed E-state index contributed by atoms with van der Waals surface area (Å²) in [5.41, 5.74) is 1.73. The highest BCUT2D eigenvalue weighted by Gasteiger charge is 2.13. The summed E-state index contributed by atoms with van der Waals surface area (Å²) < 4.78 is 5.15. The molecule has 0 aliphatic carbocycles. The lowest BCUT2D eigenvalue weighted by Crippen LogP contribution is -2.07. The van der Waals surface area contributed by atoms with Gasteiger partial charge in [0.05, 0.1) is 18.2 Å². The van der Waals surface area contributed by atoms with Crippen LogP contribution in [0.15, 0.2) is 42.5 Å². The number of ether oxygens (including phenoxy) is 1. The number of benzene rings is 2. The molecule has 0 spiro atoms. The molecule has 5 heteroatoms. The van der Waals surface area contributed by atoms with Crippen molar-refractivity contribution >= 4 is 11.9 Å². The smallest absolute Gasteiger partial charge is 0.335 e. The van der Waals surface area contributed by atoms with E-state index in [0.29, 0.717) is 18.4 Å². The highest BCUT2D eigenvalue weighted by atomic mass is 16.5. The molecule has 0 aliphatic rings. The maximum absolute atomic E-state index is 11.2. The molecule has 0 radical (unpaired) electrons. The molecule has 22 heavy (non-hydrogen) atoms. The second kappa shape index (κ2) is 6.76. The van der Waals surface area contributed by atoms with E-state index >= 15 is 0 Å². The first-order valence-corrected chi connectivity index (χ1v) is 6.73. The predicted octanol–water partition coefficient (Wildman–Crippen LogP) is 2.88. The van der Waals surface area contributed by atoms with E-state index < -0.39 is 11.9 Å². The standard InChI is InChI=1S/C17H16O5/c1-22-14-4-2-3-11(9-14)5-6-12-10-13(16(18)19)7-8-15(12)17(20)21/h2-4,7-10H,5-6H2,1H3,(H,18,19)(H,20,21). The fraction of sp³-hybridized carbons (Fsp3) is 0.176. The summed E-state index contributed by atoms with van der Waals surface area (Å²) in [6, 6.07) is 11.6. The van der Waals surface area contributed by atoms with Crippen LogP contribution in [0.1, 0.15) is 31.8 Å². The van der Waals surface area contributed by atoms with Crippen molar-refractivity contribution in [2.45, 2.75) is 12.8 Å². The van der Waals surface area contributed by atoms with Crippen LogP contribution in [-0.4, -0.2) is 29.3 Å². The first kappa shape index (κ1) is 15.6. The molecule has 0 saturated carbocycles. The van der Waals surface area contributed by atoms with E-state index in [9.17, 15) is 14.7 Å². The van der Waals surface area contributed by atoms with Crippen LogP contribution in [0.2, 0.25) is 0 Å². The third kappa shape index (κ3) is 3.63. The van der Waals surface area contributed by atoms with Gasteiger partial charge in [0.25, 0.3) is 0 Å². The third-order valence-electron chi connectivity index (χ3n) is 3.40. The molecule has 0 heterocycles. The average Bonchev–Trinajstić information content (AvgIpc) is 2.52.